The van der Waals surface area contributed by atoms with Crippen LogP contribution in [0.2, 0.25) is 0 Å². The minimum atomic E-state index is -0.0600. The number of amides is 1. The van der Waals surface area contributed by atoms with Gasteiger partial charge in [0.1, 0.15) is 4.83 Å². The molecule has 68 valence electrons. The molecule has 1 N–H and O–H groups in total. The van der Waals surface area contributed by atoms with E-state index < -0.39 is 0 Å². The average Bonchev–Trinajstić information content (AvgIpc) is 2.15. The van der Waals surface area contributed by atoms with Gasteiger partial charge in [0.2, 0.25) is 5.91 Å². The molecule has 3 heteroatoms. The van der Waals surface area contributed by atoms with Gasteiger partial charge in [-0.1, -0.05) is 45.8 Å². The molecule has 0 spiro atoms. The summed E-state index contributed by atoms with van der Waals surface area (Å²) in [4.78, 5) is 10.9. The van der Waals surface area contributed by atoms with Crippen LogP contribution in [0.5, 0.6) is 0 Å². The van der Waals surface area contributed by atoms with Crippen molar-refractivity contribution >= 4 is 21.8 Å². The van der Waals surface area contributed by atoms with Gasteiger partial charge in [0.15, 0.2) is 0 Å². The fourth-order valence-electron chi connectivity index (χ4n) is 1.39. The number of carbonyl (C=O) groups is 1. The fraction of sp³-hybridized carbons (Fsp3) is 0.300. The lowest BCUT2D eigenvalue weighted by Gasteiger charge is -2.33. The van der Waals surface area contributed by atoms with E-state index in [9.17, 15) is 4.79 Å². The number of β-lactam (4-membered cyclic amide) rings is 1. The first-order valence-electron chi connectivity index (χ1n) is 4.19. The highest BCUT2D eigenvalue weighted by atomic mass is 79.9. The first kappa shape index (κ1) is 8.75. The predicted octanol–water partition coefficient (Wildman–Crippen LogP) is 1.93. The molecule has 2 nitrogen and oxygen atoms in total. The lowest BCUT2D eigenvalue weighted by Crippen LogP contribution is -2.52. The quantitative estimate of drug-likeness (QED) is 0.589. The number of rotatable bonds is 1. The second-order valence-electron chi connectivity index (χ2n) is 3.30. The van der Waals surface area contributed by atoms with Crippen LogP contribution in [-0.2, 0) is 4.79 Å². The van der Waals surface area contributed by atoms with Gasteiger partial charge in [0.05, 0.1) is 6.04 Å². The molecule has 1 aliphatic rings. The summed E-state index contributed by atoms with van der Waals surface area (Å²) in [5.74, 6) is 0.0746. The minimum Gasteiger partial charge on any atom is -0.347 e. The zero-order valence-corrected chi connectivity index (χ0v) is 8.84. The van der Waals surface area contributed by atoms with Crippen LogP contribution in [0.1, 0.15) is 17.2 Å². The van der Waals surface area contributed by atoms with Crippen molar-refractivity contribution in [3.63, 3.8) is 0 Å². The maximum absolute atomic E-state index is 10.9. The summed E-state index contributed by atoms with van der Waals surface area (Å²) in [5, 5.41) is 2.84. The molecule has 0 aliphatic carbocycles. The molecular formula is C10H10BrNO. The molecule has 1 aromatic rings. The number of alkyl halides is 1. The molecule has 0 radical (unpaired) electrons. The molecule has 13 heavy (non-hydrogen) atoms. The average molecular weight is 240 g/mol. The Balaban J connectivity index is 2.18. The molecule has 1 amide bonds. The summed E-state index contributed by atoms with van der Waals surface area (Å²) in [6, 6.07) is 8.36. The van der Waals surface area contributed by atoms with Crippen molar-refractivity contribution in [2.24, 2.45) is 0 Å². The van der Waals surface area contributed by atoms with Crippen LogP contribution in [0.4, 0.5) is 0 Å². The van der Waals surface area contributed by atoms with E-state index in [0.717, 1.165) is 5.56 Å². The number of nitrogens with one attached hydrogen (secondary N) is 1. The van der Waals surface area contributed by atoms with Gasteiger partial charge >= 0.3 is 0 Å². The third-order valence-corrected chi connectivity index (χ3v) is 3.22. The Labute approximate surface area is 85.5 Å². The molecule has 1 fully saturated rings. The van der Waals surface area contributed by atoms with E-state index in [-0.39, 0.29) is 16.8 Å². The Hall–Kier alpha value is -0.830. The highest BCUT2D eigenvalue weighted by Crippen LogP contribution is 2.30. The standard InChI is InChI=1S/C10H10BrNO/c1-6-2-4-7(5-3-6)9-8(11)10(13)12-9/h2-5,8-9H,1H3,(H,12,13)/t8-,9-/m1/s1. The molecule has 2 atom stereocenters. The van der Waals surface area contributed by atoms with Crippen LogP contribution in [-0.4, -0.2) is 10.7 Å². The molecule has 1 aromatic carbocycles. The monoisotopic (exact) mass is 239 g/mol. The molecule has 0 unspecified atom stereocenters. The van der Waals surface area contributed by atoms with Gasteiger partial charge < -0.3 is 5.32 Å². The van der Waals surface area contributed by atoms with E-state index in [1.165, 1.54) is 5.56 Å². The van der Waals surface area contributed by atoms with Crippen molar-refractivity contribution in [3.8, 4) is 0 Å². The SMILES string of the molecule is Cc1ccc([C@H]2NC(=O)[C@@H]2Br)cc1. The summed E-state index contributed by atoms with van der Waals surface area (Å²) < 4.78 is 0. The Morgan fingerprint density at radius 2 is 1.92 bits per heavy atom. The van der Waals surface area contributed by atoms with E-state index in [1.807, 2.05) is 12.1 Å². The Morgan fingerprint density at radius 3 is 2.38 bits per heavy atom. The van der Waals surface area contributed by atoms with E-state index in [1.54, 1.807) is 0 Å². The van der Waals surface area contributed by atoms with Crippen molar-refractivity contribution in [2.75, 3.05) is 0 Å². The van der Waals surface area contributed by atoms with Gasteiger partial charge in [-0.25, -0.2) is 0 Å². The summed E-state index contributed by atoms with van der Waals surface area (Å²) in [6.45, 7) is 2.05. The summed E-state index contributed by atoms with van der Waals surface area (Å²) in [6.07, 6.45) is 0. The van der Waals surface area contributed by atoms with E-state index in [2.05, 4.69) is 40.3 Å². The molecule has 0 saturated carbocycles. The third-order valence-electron chi connectivity index (χ3n) is 2.28. The van der Waals surface area contributed by atoms with E-state index in [4.69, 9.17) is 0 Å². The molecule has 1 heterocycles. The van der Waals surface area contributed by atoms with Crippen molar-refractivity contribution in [2.45, 2.75) is 17.8 Å². The highest BCUT2D eigenvalue weighted by molar-refractivity contribution is 9.10. The van der Waals surface area contributed by atoms with Gasteiger partial charge in [-0.05, 0) is 12.5 Å². The normalized spacial score (nSPS) is 26.5. The third kappa shape index (κ3) is 1.48. The van der Waals surface area contributed by atoms with Crippen LogP contribution in [0, 0.1) is 6.92 Å². The van der Waals surface area contributed by atoms with Crippen LogP contribution < -0.4 is 5.32 Å². The summed E-state index contributed by atoms with van der Waals surface area (Å²) in [5.41, 5.74) is 2.40. The van der Waals surface area contributed by atoms with Crippen LogP contribution >= 0.6 is 15.9 Å². The van der Waals surface area contributed by atoms with Crippen molar-refractivity contribution in [1.82, 2.24) is 5.32 Å². The minimum absolute atomic E-state index is 0.0600. The smallest absolute Gasteiger partial charge is 0.236 e. The number of aryl methyl sites for hydroxylation is 1. The number of benzene rings is 1. The van der Waals surface area contributed by atoms with Crippen LogP contribution in [0.25, 0.3) is 0 Å². The summed E-state index contributed by atoms with van der Waals surface area (Å²) >= 11 is 3.34. The number of hydrogen-bond acceptors (Lipinski definition) is 1. The topological polar surface area (TPSA) is 29.1 Å². The predicted molar refractivity (Wildman–Crippen MR) is 54.8 cm³/mol. The first-order valence-corrected chi connectivity index (χ1v) is 5.11. The Bertz CT molecular complexity index is 333. The van der Waals surface area contributed by atoms with Crippen LogP contribution in [0.3, 0.4) is 0 Å². The zero-order valence-electron chi connectivity index (χ0n) is 7.25. The maximum atomic E-state index is 10.9. The zero-order chi connectivity index (χ0) is 9.42. The van der Waals surface area contributed by atoms with Gasteiger partial charge in [0.25, 0.3) is 0 Å². The van der Waals surface area contributed by atoms with Crippen LogP contribution in [0.15, 0.2) is 24.3 Å². The fourth-order valence-corrected chi connectivity index (χ4v) is 1.96. The molecule has 0 aromatic heterocycles. The number of halogens is 1. The lowest BCUT2D eigenvalue weighted by molar-refractivity contribution is -0.127. The Kier molecular flexibility index (Phi) is 2.12. The largest absolute Gasteiger partial charge is 0.347 e. The molecule has 2 rings (SSSR count). The number of hydrogen-bond donors (Lipinski definition) is 1. The van der Waals surface area contributed by atoms with Crippen molar-refractivity contribution in [3.05, 3.63) is 35.4 Å². The van der Waals surface area contributed by atoms with Crippen molar-refractivity contribution < 1.29 is 4.79 Å². The highest BCUT2D eigenvalue weighted by Gasteiger charge is 2.37. The summed E-state index contributed by atoms with van der Waals surface area (Å²) in [7, 11) is 0. The number of carbonyl (C=O) groups excluding carboxylic acids is 1. The second-order valence-corrected chi connectivity index (χ2v) is 4.29. The molecular weight excluding hydrogens is 230 g/mol. The molecule has 0 bridgehead atoms. The van der Waals surface area contributed by atoms with Gasteiger partial charge in [-0.15, -0.1) is 0 Å². The van der Waals surface area contributed by atoms with E-state index in [0.29, 0.717) is 0 Å². The second kappa shape index (κ2) is 3.14. The Morgan fingerprint density at radius 1 is 1.31 bits per heavy atom. The van der Waals surface area contributed by atoms with Gasteiger partial charge in [0, 0.05) is 0 Å². The molecule has 1 aliphatic heterocycles. The maximum Gasteiger partial charge on any atom is 0.236 e. The molecule has 1 saturated heterocycles. The van der Waals surface area contributed by atoms with Gasteiger partial charge in [-0.2, -0.15) is 0 Å². The lowest BCUT2D eigenvalue weighted by atomic mass is 9.96. The van der Waals surface area contributed by atoms with Crippen molar-refractivity contribution in [1.29, 1.82) is 0 Å². The van der Waals surface area contributed by atoms with Gasteiger partial charge in [-0.3, -0.25) is 4.79 Å². The van der Waals surface area contributed by atoms with E-state index >= 15 is 0 Å². The first-order chi connectivity index (χ1) is 6.18.